The van der Waals surface area contributed by atoms with Crippen LogP contribution in [0, 0.1) is 5.92 Å². The van der Waals surface area contributed by atoms with E-state index in [1.807, 2.05) is 18.2 Å². The zero-order valence-corrected chi connectivity index (χ0v) is 21.1. The number of ether oxygens (including phenoxy) is 5. The van der Waals surface area contributed by atoms with Gasteiger partial charge in [0.15, 0.2) is 11.5 Å². The van der Waals surface area contributed by atoms with Crippen molar-refractivity contribution in [3.63, 3.8) is 0 Å². The maximum absolute atomic E-state index is 12.4. The number of carbonyl (C=O) groups excluding carboxylic acids is 1. The molecule has 190 valence electrons. The van der Waals surface area contributed by atoms with E-state index in [9.17, 15) is 4.79 Å². The third kappa shape index (κ3) is 5.52. The van der Waals surface area contributed by atoms with Crippen molar-refractivity contribution in [1.82, 2.24) is 4.98 Å². The summed E-state index contributed by atoms with van der Waals surface area (Å²) >= 11 is 6.53. The highest BCUT2D eigenvalue weighted by atomic mass is 35.5. The van der Waals surface area contributed by atoms with Crippen LogP contribution in [-0.2, 0) is 16.0 Å². The van der Waals surface area contributed by atoms with Crippen LogP contribution in [0.15, 0.2) is 36.5 Å². The highest BCUT2D eigenvalue weighted by Gasteiger charge is 2.25. The van der Waals surface area contributed by atoms with Gasteiger partial charge in [-0.2, -0.15) is 0 Å². The standard InChI is InChI=1S/C28H30ClNO6/c1-32-10-3-11-33-25-17-23-26(28-27(25)34-12-13-35-28)24(8-9-30-23)36-21-7-6-19(22(29)16-21)15-20(31)14-18-4-2-5-18/h6-9,16-18H,2-5,10-15H2,1H3. The molecule has 3 aromatic rings. The Morgan fingerprint density at radius 1 is 1.08 bits per heavy atom. The molecule has 2 aromatic carbocycles. The minimum atomic E-state index is 0.236. The van der Waals surface area contributed by atoms with E-state index in [2.05, 4.69) is 4.98 Å². The summed E-state index contributed by atoms with van der Waals surface area (Å²) in [7, 11) is 1.66. The fourth-order valence-electron chi connectivity index (χ4n) is 4.52. The number of nitrogens with zero attached hydrogens (tertiary/aromatic N) is 1. The average Bonchev–Trinajstić information content (AvgIpc) is 2.86. The molecule has 0 bridgehead atoms. The van der Waals surface area contributed by atoms with Crippen LogP contribution in [-0.4, -0.2) is 44.3 Å². The summed E-state index contributed by atoms with van der Waals surface area (Å²) in [4.78, 5) is 16.9. The molecule has 0 saturated heterocycles. The molecule has 8 heteroatoms. The second-order valence-corrected chi connectivity index (χ2v) is 9.61. The lowest BCUT2D eigenvalue weighted by Gasteiger charge is -2.24. The molecule has 0 radical (unpaired) electrons. The van der Waals surface area contributed by atoms with Crippen molar-refractivity contribution in [3.8, 4) is 28.7 Å². The Bertz CT molecular complexity index is 1240. The quantitative estimate of drug-likeness (QED) is 0.285. The van der Waals surface area contributed by atoms with Gasteiger partial charge in [-0.1, -0.05) is 36.9 Å². The minimum Gasteiger partial charge on any atom is -0.489 e. The number of carbonyl (C=O) groups is 1. The van der Waals surface area contributed by atoms with Gasteiger partial charge in [0, 0.05) is 50.3 Å². The van der Waals surface area contributed by atoms with E-state index in [0.717, 1.165) is 24.8 Å². The fourth-order valence-corrected chi connectivity index (χ4v) is 4.75. The Balaban J connectivity index is 1.38. The van der Waals surface area contributed by atoms with E-state index >= 15 is 0 Å². The summed E-state index contributed by atoms with van der Waals surface area (Å²) < 4.78 is 29.2. The SMILES string of the molecule is COCCCOc1cc2nccc(Oc3ccc(CC(=O)CC4CCC4)c(Cl)c3)c2c2c1OCCO2. The molecule has 1 aliphatic carbocycles. The zero-order chi connectivity index (χ0) is 24.9. The first kappa shape index (κ1) is 24.7. The molecule has 2 heterocycles. The minimum absolute atomic E-state index is 0.236. The number of Topliss-reactive ketones (excluding diaryl/α,β-unsaturated/α-hetero) is 1. The van der Waals surface area contributed by atoms with Gasteiger partial charge >= 0.3 is 0 Å². The highest BCUT2D eigenvalue weighted by Crippen LogP contribution is 2.48. The maximum atomic E-state index is 12.4. The number of methoxy groups -OCH3 is 1. The number of rotatable bonds is 11. The van der Waals surface area contributed by atoms with E-state index in [-0.39, 0.29) is 5.78 Å². The number of hydrogen-bond acceptors (Lipinski definition) is 7. The number of benzene rings is 2. The first-order valence-corrected chi connectivity index (χ1v) is 12.8. The van der Waals surface area contributed by atoms with Crippen molar-refractivity contribution in [2.75, 3.05) is 33.5 Å². The van der Waals surface area contributed by atoms with Gasteiger partial charge in [0.05, 0.1) is 17.5 Å². The summed E-state index contributed by atoms with van der Waals surface area (Å²) in [6.07, 6.45) is 6.97. The summed E-state index contributed by atoms with van der Waals surface area (Å²) in [6.45, 7) is 1.94. The van der Waals surface area contributed by atoms with Crippen molar-refractivity contribution in [2.24, 2.45) is 5.92 Å². The molecule has 0 unspecified atom stereocenters. The highest BCUT2D eigenvalue weighted by molar-refractivity contribution is 6.31. The molecule has 0 spiro atoms. The number of pyridine rings is 1. The fraction of sp³-hybridized carbons (Fsp3) is 0.429. The molecule has 1 aliphatic heterocycles. The van der Waals surface area contributed by atoms with Gasteiger partial charge in [-0.25, -0.2) is 0 Å². The van der Waals surface area contributed by atoms with E-state index in [4.69, 9.17) is 35.3 Å². The van der Waals surface area contributed by atoms with E-state index in [1.54, 1.807) is 25.4 Å². The number of fused-ring (bicyclic) bond motifs is 3. The average molecular weight is 512 g/mol. The van der Waals surface area contributed by atoms with Crippen LogP contribution < -0.4 is 18.9 Å². The molecule has 36 heavy (non-hydrogen) atoms. The third-order valence-electron chi connectivity index (χ3n) is 6.57. The van der Waals surface area contributed by atoms with Crippen molar-refractivity contribution < 1.29 is 28.5 Å². The molecule has 5 rings (SSSR count). The van der Waals surface area contributed by atoms with E-state index in [1.165, 1.54) is 6.42 Å². The Kier molecular flexibility index (Phi) is 7.78. The lowest BCUT2D eigenvalue weighted by atomic mass is 9.81. The summed E-state index contributed by atoms with van der Waals surface area (Å²) in [6, 6.07) is 9.06. The lowest BCUT2D eigenvalue weighted by molar-refractivity contribution is -0.119. The smallest absolute Gasteiger partial charge is 0.204 e. The molecule has 0 atom stereocenters. The molecule has 0 amide bonds. The monoisotopic (exact) mass is 511 g/mol. The van der Waals surface area contributed by atoms with Crippen LogP contribution in [0.1, 0.15) is 37.7 Å². The van der Waals surface area contributed by atoms with Gasteiger partial charge in [-0.3, -0.25) is 9.78 Å². The predicted molar refractivity (Wildman–Crippen MR) is 137 cm³/mol. The Labute approximate surface area is 215 Å². The maximum Gasteiger partial charge on any atom is 0.204 e. The molecule has 1 saturated carbocycles. The van der Waals surface area contributed by atoms with Crippen molar-refractivity contribution in [1.29, 1.82) is 0 Å². The molecule has 7 nitrogen and oxygen atoms in total. The molecule has 1 fully saturated rings. The van der Waals surface area contributed by atoms with Crippen molar-refractivity contribution in [3.05, 3.63) is 47.1 Å². The second-order valence-electron chi connectivity index (χ2n) is 9.20. The summed E-state index contributed by atoms with van der Waals surface area (Å²) in [5.74, 6) is 3.59. The van der Waals surface area contributed by atoms with E-state index in [0.29, 0.717) is 89.9 Å². The largest absolute Gasteiger partial charge is 0.489 e. The Morgan fingerprint density at radius 2 is 1.92 bits per heavy atom. The number of halogens is 1. The van der Waals surface area contributed by atoms with Gasteiger partial charge < -0.3 is 23.7 Å². The normalized spacial score (nSPS) is 14.9. The molecular formula is C28H30ClNO6. The summed E-state index contributed by atoms with van der Waals surface area (Å²) in [5, 5.41) is 1.22. The second kappa shape index (κ2) is 11.4. The van der Waals surface area contributed by atoms with Gasteiger partial charge in [-0.05, 0) is 29.7 Å². The number of aromatic nitrogens is 1. The first-order chi connectivity index (χ1) is 17.6. The van der Waals surface area contributed by atoms with Crippen LogP contribution in [0.3, 0.4) is 0 Å². The lowest BCUT2D eigenvalue weighted by Crippen LogP contribution is -2.17. The molecule has 1 aromatic heterocycles. The Morgan fingerprint density at radius 3 is 2.67 bits per heavy atom. The van der Waals surface area contributed by atoms with Crippen molar-refractivity contribution >= 4 is 28.3 Å². The van der Waals surface area contributed by atoms with Gasteiger partial charge in [0.25, 0.3) is 0 Å². The van der Waals surface area contributed by atoms with Crippen LogP contribution >= 0.6 is 11.6 Å². The van der Waals surface area contributed by atoms with Crippen LogP contribution in [0.5, 0.6) is 28.7 Å². The number of ketones is 1. The topological polar surface area (TPSA) is 76.1 Å². The van der Waals surface area contributed by atoms with Crippen molar-refractivity contribution in [2.45, 2.75) is 38.5 Å². The van der Waals surface area contributed by atoms with Crippen LogP contribution in [0.4, 0.5) is 0 Å². The number of hydrogen-bond donors (Lipinski definition) is 0. The van der Waals surface area contributed by atoms with Crippen LogP contribution in [0.2, 0.25) is 5.02 Å². The molecule has 0 N–H and O–H groups in total. The van der Waals surface area contributed by atoms with Gasteiger partial charge in [0.2, 0.25) is 5.75 Å². The Hall–Kier alpha value is -3.03. The predicted octanol–water partition coefficient (Wildman–Crippen LogP) is 6.17. The van der Waals surface area contributed by atoms with Gasteiger partial charge in [-0.15, -0.1) is 0 Å². The third-order valence-corrected chi connectivity index (χ3v) is 6.93. The molecular weight excluding hydrogens is 482 g/mol. The molecule has 2 aliphatic rings. The first-order valence-electron chi connectivity index (χ1n) is 12.4. The van der Waals surface area contributed by atoms with Crippen LogP contribution in [0.25, 0.3) is 10.9 Å². The zero-order valence-electron chi connectivity index (χ0n) is 20.4. The van der Waals surface area contributed by atoms with E-state index < -0.39 is 0 Å². The summed E-state index contributed by atoms with van der Waals surface area (Å²) in [5.41, 5.74) is 1.49. The van der Waals surface area contributed by atoms with Gasteiger partial charge in [0.1, 0.15) is 30.5 Å².